The van der Waals surface area contributed by atoms with E-state index in [1.807, 2.05) is 13.0 Å². The number of rotatable bonds is 9. The molecule has 7 nitrogen and oxygen atoms in total. The summed E-state index contributed by atoms with van der Waals surface area (Å²) in [4.78, 5) is 12.8. The third kappa shape index (κ3) is 6.22. The Labute approximate surface area is 205 Å². The van der Waals surface area contributed by atoms with Gasteiger partial charge in [0, 0.05) is 12.1 Å². The van der Waals surface area contributed by atoms with Gasteiger partial charge in [0.1, 0.15) is 29.7 Å². The highest BCUT2D eigenvalue weighted by Gasteiger charge is 2.17. The molecule has 0 atom stereocenters. The predicted octanol–water partition coefficient (Wildman–Crippen LogP) is 4.92. The number of amides is 1. The van der Waals surface area contributed by atoms with E-state index < -0.39 is 5.91 Å². The monoisotopic (exact) mass is 566 g/mol. The molecule has 9 heteroatoms. The molecule has 0 aliphatic carbocycles. The first kappa shape index (κ1) is 25.2. The summed E-state index contributed by atoms with van der Waals surface area (Å²) in [5.41, 5.74) is 0.761. The van der Waals surface area contributed by atoms with Gasteiger partial charge in [0.15, 0.2) is 11.5 Å². The number of terminal acetylenes is 1. The lowest BCUT2D eigenvalue weighted by Gasteiger charge is -2.14. The number of hydrogen-bond acceptors (Lipinski definition) is 6. The van der Waals surface area contributed by atoms with Crippen LogP contribution in [-0.2, 0) is 4.79 Å². The van der Waals surface area contributed by atoms with E-state index in [1.54, 1.807) is 12.1 Å². The molecule has 0 aliphatic heterocycles. The SMILES string of the molecule is C#CCOc1c(I)cc(/C=C(\C#N)C(=O)Nc2cc(OC)c(Cl)cc2OC)cc1OCC. The Hall–Kier alpha value is -3.08. The molecule has 0 aromatic heterocycles. The van der Waals surface area contributed by atoms with Crippen LogP contribution < -0.4 is 24.3 Å². The first-order valence-electron chi connectivity index (χ1n) is 9.25. The Bertz CT molecular complexity index is 1120. The highest BCUT2D eigenvalue weighted by Crippen LogP contribution is 2.37. The molecular formula is C23H20ClIN2O5. The van der Waals surface area contributed by atoms with Gasteiger partial charge in [0.25, 0.3) is 5.91 Å². The van der Waals surface area contributed by atoms with Crippen molar-refractivity contribution in [1.82, 2.24) is 0 Å². The molecule has 0 unspecified atom stereocenters. The zero-order valence-corrected chi connectivity index (χ0v) is 20.5. The van der Waals surface area contributed by atoms with Crippen LogP contribution in [0.4, 0.5) is 5.69 Å². The lowest BCUT2D eigenvalue weighted by molar-refractivity contribution is -0.112. The number of nitrogens with zero attached hydrogens (tertiary/aromatic N) is 1. The molecule has 0 bridgehead atoms. The third-order valence-corrected chi connectivity index (χ3v) is 5.13. The maximum absolute atomic E-state index is 12.8. The van der Waals surface area contributed by atoms with Gasteiger partial charge in [-0.25, -0.2) is 0 Å². The molecule has 1 amide bonds. The van der Waals surface area contributed by atoms with Gasteiger partial charge >= 0.3 is 0 Å². The van der Waals surface area contributed by atoms with Gasteiger partial charge in [-0.3, -0.25) is 4.79 Å². The maximum Gasteiger partial charge on any atom is 0.266 e. The lowest BCUT2D eigenvalue weighted by Crippen LogP contribution is -2.14. The van der Waals surface area contributed by atoms with Crippen molar-refractivity contribution in [2.45, 2.75) is 6.92 Å². The third-order valence-electron chi connectivity index (χ3n) is 4.03. The number of benzene rings is 2. The normalized spacial score (nSPS) is 10.5. The molecule has 0 spiro atoms. The van der Waals surface area contributed by atoms with Crippen LogP contribution in [0.25, 0.3) is 6.08 Å². The number of hydrogen-bond donors (Lipinski definition) is 1. The second-order valence-corrected chi connectivity index (χ2v) is 7.64. The molecule has 32 heavy (non-hydrogen) atoms. The van der Waals surface area contributed by atoms with Gasteiger partial charge in [-0.15, -0.1) is 6.42 Å². The number of anilines is 1. The van der Waals surface area contributed by atoms with Gasteiger partial charge in [0.2, 0.25) is 0 Å². The Balaban J connectivity index is 2.40. The predicted molar refractivity (Wildman–Crippen MR) is 131 cm³/mol. The number of carbonyl (C=O) groups is 1. The topological polar surface area (TPSA) is 89.8 Å². The largest absolute Gasteiger partial charge is 0.495 e. The number of methoxy groups -OCH3 is 2. The minimum atomic E-state index is -0.629. The van der Waals surface area contributed by atoms with Crippen molar-refractivity contribution in [2.24, 2.45) is 0 Å². The molecule has 166 valence electrons. The quantitative estimate of drug-likeness (QED) is 0.201. The van der Waals surface area contributed by atoms with Crippen molar-refractivity contribution in [3.63, 3.8) is 0 Å². The lowest BCUT2D eigenvalue weighted by atomic mass is 10.1. The minimum Gasteiger partial charge on any atom is -0.495 e. The summed E-state index contributed by atoms with van der Waals surface area (Å²) >= 11 is 8.18. The summed E-state index contributed by atoms with van der Waals surface area (Å²) in [5.74, 6) is 3.42. The summed E-state index contributed by atoms with van der Waals surface area (Å²) in [7, 11) is 2.89. The van der Waals surface area contributed by atoms with Crippen LogP contribution in [0.15, 0.2) is 29.8 Å². The molecule has 0 heterocycles. The second kappa shape index (κ2) is 12.1. The van der Waals surface area contributed by atoms with Gasteiger partial charge in [-0.1, -0.05) is 17.5 Å². The van der Waals surface area contributed by atoms with Crippen LogP contribution in [0.3, 0.4) is 0 Å². The van der Waals surface area contributed by atoms with E-state index in [4.69, 9.17) is 37.0 Å². The fourth-order valence-electron chi connectivity index (χ4n) is 2.65. The van der Waals surface area contributed by atoms with Crippen molar-refractivity contribution in [3.8, 4) is 41.4 Å². The van der Waals surface area contributed by atoms with Gasteiger partial charge in [-0.05, 0) is 53.3 Å². The van der Waals surface area contributed by atoms with Crippen molar-refractivity contribution in [3.05, 3.63) is 44.0 Å². The Kier molecular flexibility index (Phi) is 9.51. The maximum atomic E-state index is 12.8. The van der Waals surface area contributed by atoms with E-state index in [-0.39, 0.29) is 12.2 Å². The summed E-state index contributed by atoms with van der Waals surface area (Å²) in [5, 5.41) is 12.6. The molecular weight excluding hydrogens is 547 g/mol. The number of ether oxygens (including phenoxy) is 4. The minimum absolute atomic E-state index is 0.0868. The van der Waals surface area contributed by atoms with Crippen LogP contribution in [0.5, 0.6) is 23.0 Å². The average Bonchev–Trinajstić information content (AvgIpc) is 2.77. The Morgan fingerprint density at radius 2 is 1.91 bits per heavy atom. The first-order valence-corrected chi connectivity index (χ1v) is 10.7. The van der Waals surface area contributed by atoms with Gasteiger partial charge in [-0.2, -0.15) is 5.26 Å². The molecule has 2 aromatic rings. The number of halogens is 2. The molecule has 2 rings (SSSR count). The van der Waals surface area contributed by atoms with Crippen molar-refractivity contribution < 1.29 is 23.7 Å². The Morgan fingerprint density at radius 1 is 1.19 bits per heavy atom. The van der Waals surface area contributed by atoms with E-state index in [9.17, 15) is 10.1 Å². The molecule has 0 radical (unpaired) electrons. The molecule has 0 saturated carbocycles. The van der Waals surface area contributed by atoms with E-state index in [0.717, 1.165) is 3.57 Å². The van der Waals surface area contributed by atoms with Crippen molar-refractivity contribution >= 4 is 51.9 Å². The van der Waals surface area contributed by atoms with Crippen molar-refractivity contribution in [1.29, 1.82) is 5.26 Å². The summed E-state index contributed by atoms with van der Waals surface area (Å²) in [6, 6.07) is 8.37. The molecule has 1 N–H and O–H groups in total. The zero-order chi connectivity index (χ0) is 23.7. The summed E-state index contributed by atoms with van der Waals surface area (Å²) in [6.45, 7) is 2.32. The molecule has 0 aliphatic rings. The fraction of sp³-hybridized carbons (Fsp3) is 0.217. The number of carbonyl (C=O) groups excluding carboxylic acids is 1. The van der Waals surface area contributed by atoms with Crippen molar-refractivity contribution in [2.75, 3.05) is 32.8 Å². The summed E-state index contributed by atoms with van der Waals surface area (Å²) < 4.78 is 22.4. The summed E-state index contributed by atoms with van der Waals surface area (Å²) in [6.07, 6.45) is 6.72. The highest BCUT2D eigenvalue weighted by molar-refractivity contribution is 14.1. The second-order valence-electron chi connectivity index (χ2n) is 6.07. The van der Waals surface area contributed by atoms with Crippen LogP contribution in [0.1, 0.15) is 12.5 Å². The highest BCUT2D eigenvalue weighted by atomic mass is 127. The number of nitriles is 1. The smallest absolute Gasteiger partial charge is 0.266 e. The molecule has 0 fully saturated rings. The fourth-order valence-corrected chi connectivity index (χ4v) is 3.66. The first-order chi connectivity index (χ1) is 15.4. The van der Waals surface area contributed by atoms with Crippen LogP contribution in [-0.4, -0.2) is 33.3 Å². The van der Waals surface area contributed by atoms with Gasteiger partial charge < -0.3 is 24.3 Å². The average molecular weight is 567 g/mol. The number of nitrogens with one attached hydrogen (secondary N) is 1. The van der Waals surface area contributed by atoms with E-state index >= 15 is 0 Å². The van der Waals surface area contributed by atoms with Crippen LogP contribution in [0, 0.1) is 27.2 Å². The molecule has 0 saturated heterocycles. The van der Waals surface area contributed by atoms with E-state index in [1.165, 1.54) is 32.4 Å². The Morgan fingerprint density at radius 3 is 2.50 bits per heavy atom. The zero-order valence-electron chi connectivity index (χ0n) is 17.6. The van der Waals surface area contributed by atoms with E-state index in [0.29, 0.717) is 45.9 Å². The van der Waals surface area contributed by atoms with Crippen LogP contribution in [0.2, 0.25) is 5.02 Å². The standard InChI is InChI=1S/C23H20ClIN2O5/c1-5-7-32-22-17(25)9-14(10-21(22)31-6-2)8-15(13-26)23(28)27-18-12-19(29-3)16(24)11-20(18)30-4/h1,8-12H,6-7H2,2-4H3,(H,27,28)/b15-8+. The molecule has 2 aromatic carbocycles. The van der Waals surface area contributed by atoms with Gasteiger partial charge in [0.05, 0.1) is 35.1 Å². The van der Waals surface area contributed by atoms with Crippen LogP contribution >= 0.6 is 34.2 Å². The van der Waals surface area contributed by atoms with E-state index in [2.05, 4.69) is 33.8 Å².